The Balaban J connectivity index is 1.20. The van der Waals surface area contributed by atoms with Crippen molar-refractivity contribution in [2.75, 3.05) is 44.4 Å². The minimum absolute atomic E-state index is 0.0640. The molecule has 4 aliphatic rings. The highest BCUT2D eigenvalue weighted by Crippen LogP contribution is 2.44. The van der Waals surface area contributed by atoms with E-state index in [-0.39, 0.29) is 27.9 Å². The fourth-order valence-corrected chi connectivity index (χ4v) is 8.51. The molecule has 0 spiro atoms. The van der Waals surface area contributed by atoms with Crippen molar-refractivity contribution in [3.8, 4) is 22.9 Å². The van der Waals surface area contributed by atoms with Crippen molar-refractivity contribution >= 4 is 39.1 Å². The largest absolute Gasteiger partial charge is 0.508 e. The quantitative estimate of drug-likeness (QED) is 0.218. The summed E-state index contributed by atoms with van der Waals surface area (Å²) in [6, 6.07) is 9.38. The minimum Gasteiger partial charge on any atom is -0.508 e. The van der Waals surface area contributed by atoms with Crippen molar-refractivity contribution in [1.29, 1.82) is 0 Å². The summed E-state index contributed by atoms with van der Waals surface area (Å²) in [7, 11) is 0. The fraction of sp³-hybridized carbons (Fsp3) is 0.486. The van der Waals surface area contributed by atoms with E-state index in [1.807, 2.05) is 6.92 Å². The van der Waals surface area contributed by atoms with Crippen LogP contribution in [0.2, 0.25) is 5.02 Å². The first-order chi connectivity index (χ1) is 22.4. The highest BCUT2D eigenvalue weighted by Gasteiger charge is 2.37. The Kier molecular flexibility index (Phi) is 7.87. The van der Waals surface area contributed by atoms with Crippen LogP contribution in [-0.2, 0) is 11.2 Å². The number of phenols is 1. The molecular weight excluding hydrogens is 612 g/mol. The molecule has 11 heteroatoms. The SMILES string of the molecule is CCc1c(F)ccc2cc(O)cc(-c3c(Cl)cc4c(N5CC6CCC(C5)N6)nc(OCCCN5C6CCC5COC6)nc4c3F)c12. The molecular formula is C35H38ClF2N5O3. The van der Waals surface area contributed by atoms with Gasteiger partial charge in [-0.15, -0.1) is 0 Å². The Labute approximate surface area is 271 Å². The summed E-state index contributed by atoms with van der Waals surface area (Å²) >= 11 is 6.91. The Morgan fingerprint density at radius 3 is 2.54 bits per heavy atom. The Bertz CT molecular complexity index is 1800. The third-order valence-corrected chi connectivity index (χ3v) is 10.6. The number of halogens is 3. The van der Waals surface area contributed by atoms with E-state index >= 15 is 8.78 Å². The van der Waals surface area contributed by atoms with Gasteiger partial charge in [0.1, 0.15) is 22.9 Å². The van der Waals surface area contributed by atoms with Crippen LogP contribution in [0.4, 0.5) is 14.6 Å². The summed E-state index contributed by atoms with van der Waals surface area (Å²) in [5, 5.41) is 16.0. The molecule has 4 aliphatic heterocycles. The number of rotatable bonds is 8. The number of fused-ring (bicyclic) bond motifs is 6. The summed E-state index contributed by atoms with van der Waals surface area (Å²) in [6.07, 6.45) is 5.67. The lowest BCUT2D eigenvalue weighted by molar-refractivity contribution is -0.0161. The number of aromatic nitrogens is 2. The van der Waals surface area contributed by atoms with Crippen molar-refractivity contribution in [1.82, 2.24) is 20.2 Å². The van der Waals surface area contributed by atoms with Gasteiger partial charge in [-0.25, -0.2) is 8.78 Å². The van der Waals surface area contributed by atoms with Gasteiger partial charge in [-0.2, -0.15) is 9.97 Å². The van der Waals surface area contributed by atoms with Crippen LogP contribution in [0.15, 0.2) is 30.3 Å². The highest BCUT2D eigenvalue weighted by atomic mass is 35.5. The number of morpholine rings is 1. The van der Waals surface area contributed by atoms with E-state index in [4.69, 9.17) is 26.1 Å². The number of phenolic OH excluding ortho intramolecular Hbond substituents is 1. The van der Waals surface area contributed by atoms with E-state index in [1.165, 1.54) is 25.0 Å². The maximum atomic E-state index is 17.0. The van der Waals surface area contributed by atoms with Crippen molar-refractivity contribution < 1.29 is 23.4 Å². The molecule has 2 N–H and O–H groups in total. The third-order valence-electron chi connectivity index (χ3n) is 10.3. The van der Waals surface area contributed by atoms with Crippen LogP contribution in [0, 0.1) is 11.6 Å². The fourth-order valence-electron chi connectivity index (χ4n) is 8.21. The van der Waals surface area contributed by atoms with Crippen LogP contribution in [0.25, 0.3) is 32.8 Å². The summed E-state index contributed by atoms with van der Waals surface area (Å²) in [5.41, 5.74) is 0.899. The van der Waals surface area contributed by atoms with E-state index in [9.17, 15) is 5.11 Å². The highest BCUT2D eigenvalue weighted by molar-refractivity contribution is 6.35. The predicted molar refractivity (Wildman–Crippen MR) is 175 cm³/mol. The van der Waals surface area contributed by atoms with Crippen LogP contribution in [0.1, 0.15) is 44.6 Å². The number of piperazine rings is 1. The maximum Gasteiger partial charge on any atom is 0.319 e. The first-order valence-electron chi connectivity index (χ1n) is 16.5. The van der Waals surface area contributed by atoms with Crippen LogP contribution in [-0.4, -0.2) is 83.6 Å². The Morgan fingerprint density at radius 1 is 1.04 bits per heavy atom. The van der Waals surface area contributed by atoms with Gasteiger partial charge in [0.05, 0.1) is 24.8 Å². The van der Waals surface area contributed by atoms with E-state index in [1.54, 1.807) is 18.2 Å². The second-order valence-electron chi connectivity index (χ2n) is 13.1. The standard InChI is InChI=1S/C35H38ClF2N5O3/c1-2-25-29(37)9-4-19-12-24(44)13-26(30(19)25)31-28(36)14-27-33(32(31)38)40-35(41-34(27)42-15-20-5-6-21(16-42)39-20)46-11-3-10-43-22-7-8-23(43)18-45-17-22/h4,9,12-14,20-23,39,44H,2-3,5-8,10-11,15-18H2,1H3. The van der Waals surface area contributed by atoms with Crippen LogP contribution in [0.5, 0.6) is 11.8 Å². The van der Waals surface area contributed by atoms with E-state index in [2.05, 4.69) is 20.1 Å². The number of ether oxygens (including phenoxy) is 2. The Morgan fingerprint density at radius 2 is 1.80 bits per heavy atom. The van der Waals surface area contributed by atoms with Gasteiger partial charge in [-0.1, -0.05) is 24.6 Å². The molecule has 5 heterocycles. The maximum absolute atomic E-state index is 17.0. The number of benzene rings is 3. The molecule has 46 heavy (non-hydrogen) atoms. The number of nitrogens with zero attached hydrogens (tertiary/aromatic N) is 4. The molecule has 4 aromatic rings. The van der Waals surface area contributed by atoms with Gasteiger partial charge in [0, 0.05) is 54.8 Å². The number of hydrogen-bond donors (Lipinski definition) is 2. The van der Waals surface area contributed by atoms with Gasteiger partial charge < -0.3 is 24.8 Å². The van der Waals surface area contributed by atoms with E-state index in [0.717, 1.165) is 52.1 Å². The molecule has 242 valence electrons. The van der Waals surface area contributed by atoms with E-state index in [0.29, 0.717) is 70.3 Å². The summed E-state index contributed by atoms with van der Waals surface area (Å²) < 4.78 is 43.9. The first-order valence-corrected chi connectivity index (χ1v) is 16.9. The monoisotopic (exact) mass is 649 g/mol. The molecule has 4 fully saturated rings. The summed E-state index contributed by atoms with van der Waals surface area (Å²) in [6.45, 7) is 6.18. The van der Waals surface area contributed by atoms with Crippen LogP contribution < -0.4 is 15.0 Å². The van der Waals surface area contributed by atoms with Gasteiger partial charge in [0.2, 0.25) is 0 Å². The van der Waals surface area contributed by atoms with E-state index < -0.39 is 11.6 Å². The van der Waals surface area contributed by atoms with Gasteiger partial charge in [0.15, 0.2) is 5.82 Å². The summed E-state index contributed by atoms with van der Waals surface area (Å²) in [4.78, 5) is 14.2. The molecule has 0 amide bonds. The topological polar surface area (TPSA) is 83.0 Å². The van der Waals surface area contributed by atoms with Crippen LogP contribution in [0.3, 0.4) is 0 Å². The molecule has 8 nitrogen and oxygen atoms in total. The first kappa shape index (κ1) is 30.1. The lowest BCUT2D eigenvalue weighted by Crippen LogP contribution is -2.51. The molecule has 8 rings (SSSR count). The Hall–Kier alpha value is -3.31. The number of anilines is 1. The molecule has 0 saturated carbocycles. The average Bonchev–Trinajstić information content (AvgIpc) is 3.49. The number of aryl methyl sites for hydroxylation is 1. The molecule has 1 aromatic heterocycles. The molecule has 4 atom stereocenters. The predicted octanol–water partition coefficient (Wildman–Crippen LogP) is 6.22. The lowest BCUT2D eigenvalue weighted by Gasteiger charge is -2.34. The zero-order chi connectivity index (χ0) is 31.5. The smallest absolute Gasteiger partial charge is 0.319 e. The lowest BCUT2D eigenvalue weighted by atomic mass is 9.92. The normalized spacial score (nSPS) is 24.4. The van der Waals surface area contributed by atoms with Gasteiger partial charge in [-0.05, 0) is 84.7 Å². The molecule has 0 radical (unpaired) electrons. The molecule has 4 bridgehead atoms. The second-order valence-corrected chi connectivity index (χ2v) is 13.6. The average molecular weight is 650 g/mol. The molecule has 0 aliphatic carbocycles. The minimum atomic E-state index is -0.655. The van der Waals surface area contributed by atoms with Gasteiger partial charge in [-0.3, -0.25) is 4.90 Å². The third kappa shape index (κ3) is 5.23. The van der Waals surface area contributed by atoms with Gasteiger partial charge in [0.25, 0.3) is 0 Å². The molecule has 3 aromatic carbocycles. The number of nitrogens with one attached hydrogen (secondary N) is 1. The van der Waals surface area contributed by atoms with Crippen molar-refractivity contribution in [2.24, 2.45) is 0 Å². The zero-order valence-electron chi connectivity index (χ0n) is 25.9. The van der Waals surface area contributed by atoms with Crippen molar-refractivity contribution in [3.05, 3.63) is 52.6 Å². The second kappa shape index (κ2) is 12.0. The molecule has 4 unspecified atom stereocenters. The number of hydrogen-bond acceptors (Lipinski definition) is 8. The van der Waals surface area contributed by atoms with Crippen molar-refractivity contribution in [2.45, 2.75) is 69.6 Å². The summed E-state index contributed by atoms with van der Waals surface area (Å²) in [5.74, 6) is -0.516. The van der Waals surface area contributed by atoms with Crippen molar-refractivity contribution in [3.63, 3.8) is 0 Å². The van der Waals surface area contributed by atoms with Crippen LogP contribution >= 0.6 is 11.6 Å². The number of aromatic hydroxyl groups is 1. The zero-order valence-corrected chi connectivity index (χ0v) is 26.6. The molecule has 4 saturated heterocycles. The van der Waals surface area contributed by atoms with Gasteiger partial charge >= 0.3 is 6.01 Å².